The third-order valence-electron chi connectivity index (χ3n) is 6.69. The number of piperazine rings is 1. The van der Waals surface area contributed by atoms with E-state index in [0.717, 1.165) is 56.2 Å². The minimum absolute atomic E-state index is 0.0464. The summed E-state index contributed by atoms with van der Waals surface area (Å²) in [6.07, 6.45) is 0.309. The largest absolute Gasteiger partial charge is 0.340 e. The predicted molar refractivity (Wildman–Crippen MR) is 121 cm³/mol. The highest BCUT2D eigenvalue weighted by atomic mass is 16.2. The van der Waals surface area contributed by atoms with Crippen LogP contribution < -0.4 is 4.90 Å². The van der Waals surface area contributed by atoms with Crippen LogP contribution in [-0.2, 0) is 16.1 Å². The Morgan fingerprint density at radius 1 is 1.00 bits per heavy atom. The maximum Gasteiger partial charge on any atom is 0.228 e. The van der Waals surface area contributed by atoms with Crippen molar-refractivity contribution in [1.29, 1.82) is 0 Å². The molecule has 166 valence electrons. The van der Waals surface area contributed by atoms with Crippen molar-refractivity contribution in [1.82, 2.24) is 19.6 Å². The summed E-state index contributed by atoms with van der Waals surface area (Å²) in [5, 5.41) is 4.53. The van der Waals surface area contributed by atoms with Crippen LogP contribution in [0.2, 0.25) is 0 Å². The van der Waals surface area contributed by atoms with Crippen molar-refractivity contribution in [2.75, 3.05) is 44.2 Å². The molecule has 0 bridgehead atoms. The lowest BCUT2D eigenvalue weighted by Crippen LogP contribution is -2.51. The Balaban J connectivity index is 1.29. The van der Waals surface area contributed by atoms with Gasteiger partial charge in [-0.1, -0.05) is 6.07 Å². The van der Waals surface area contributed by atoms with Crippen LogP contribution >= 0.6 is 0 Å². The van der Waals surface area contributed by atoms with E-state index in [0.29, 0.717) is 13.0 Å². The Hall–Kier alpha value is -2.67. The second-order valence-corrected chi connectivity index (χ2v) is 8.99. The summed E-state index contributed by atoms with van der Waals surface area (Å²) in [6.45, 7) is 13.7. The number of benzene rings is 1. The molecule has 2 amide bonds. The molecule has 2 aliphatic rings. The molecule has 4 rings (SSSR count). The fourth-order valence-electron chi connectivity index (χ4n) is 4.60. The number of rotatable bonds is 5. The molecule has 2 saturated heterocycles. The Morgan fingerprint density at radius 2 is 1.74 bits per heavy atom. The van der Waals surface area contributed by atoms with E-state index < -0.39 is 0 Å². The molecule has 2 aromatic rings. The molecule has 2 aliphatic heterocycles. The van der Waals surface area contributed by atoms with Gasteiger partial charge in [0.25, 0.3) is 0 Å². The number of aryl methyl sites for hydroxylation is 4. The van der Waals surface area contributed by atoms with E-state index >= 15 is 0 Å². The van der Waals surface area contributed by atoms with E-state index in [2.05, 4.69) is 41.5 Å². The molecule has 0 radical (unpaired) electrons. The van der Waals surface area contributed by atoms with E-state index in [1.54, 1.807) is 4.90 Å². The molecular formula is C24H33N5O2. The molecular weight excluding hydrogens is 390 g/mol. The highest BCUT2D eigenvalue weighted by Crippen LogP contribution is 2.28. The zero-order valence-electron chi connectivity index (χ0n) is 19.1. The highest BCUT2D eigenvalue weighted by molar-refractivity contribution is 6.00. The molecule has 0 N–H and O–H groups in total. The number of hydrogen-bond donors (Lipinski definition) is 0. The van der Waals surface area contributed by atoms with E-state index in [4.69, 9.17) is 0 Å². The van der Waals surface area contributed by atoms with Gasteiger partial charge >= 0.3 is 0 Å². The monoisotopic (exact) mass is 423 g/mol. The van der Waals surface area contributed by atoms with Gasteiger partial charge in [0.15, 0.2) is 0 Å². The Labute approximate surface area is 184 Å². The van der Waals surface area contributed by atoms with Gasteiger partial charge in [-0.25, -0.2) is 0 Å². The molecule has 2 fully saturated rings. The summed E-state index contributed by atoms with van der Waals surface area (Å²) < 4.78 is 2.05. The van der Waals surface area contributed by atoms with Gasteiger partial charge in [0.1, 0.15) is 0 Å². The molecule has 1 unspecified atom stereocenters. The first kappa shape index (κ1) is 21.6. The Bertz CT molecular complexity index is 974. The first-order chi connectivity index (χ1) is 14.8. The molecule has 3 heterocycles. The number of anilines is 1. The van der Waals surface area contributed by atoms with Crippen LogP contribution in [0.25, 0.3) is 0 Å². The van der Waals surface area contributed by atoms with Crippen LogP contribution in [-0.4, -0.2) is 70.7 Å². The molecule has 31 heavy (non-hydrogen) atoms. The van der Waals surface area contributed by atoms with Gasteiger partial charge in [-0.3, -0.25) is 19.2 Å². The van der Waals surface area contributed by atoms with Gasteiger partial charge in [-0.05, 0) is 57.0 Å². The van der Waals surface area contributed by atoms with Crippen molar-refractivity contribution in [3.8, 4) is 0 Å². The molecule has 1 aromatic heterocycles. The number of nitrogens with zero attached hydrogens (tertiary/aromatic N) is 5. The molecule has 1 aromatic carbocycles. The third-order valence-corrected chi connectivity index (χ3v) is 6.69. The van der Waals surface area contributed by atoms with Crippen molar-refractivity contribution in [3.05, 3.63) is 46.8 Å². The number of carbonyl (C=O) groups is 2. The minimum atomic E-state index is -0.240. The van der Waals surface area contributed by atoms with Crippen molar-refractivity contribution in [2.24, 2.45) is 5.92 Å². The fourth-order valence-corrected chi connectivity index (χ4v) is 4.60. The zero-order chi connectivity index (χ0) is 22.1. The topological polar surface area (TPSA) is 61.7 Å². The van der Waals surface area contributed by atoms with E-state index in [-0.39, 0.29) is 17.7 Å². The molecule has 1 atom stereocenters. The van der Waals surface area contributed by atoms with E-state index in [1.165, 1.54) is 11.3 Å². The molecule has 0 aliphatic carbocycles. The van der Waals surface area contributed by atoms with Crippen LogP contribution in [0.4, 0.5) is 5.69 Å². The van der Waals surface area contributed by atoms with Crippen LogP contribution in [0.3, 0.4) is 0 Å². The van der Waals surface area contributed by atoms with E-state index in [1.807, 2.05) is 30.0 Å². The van der Waals surface area contributed by atoms with Gasteiger partial charge in [0.05, 0.1) is 18.2 Å². The second-order valence-electron chi connectivity index (χ2n) is 8.99. The number of hydrogen-bond acceptors (Lipinski definition) is 4. The lowest BCUT2D eigenvalue weighted by Gasteiger charge is -2.35. The first-order valence-corrected chi connectivity index (χ1v) is 11.2. The van der Waals surface area contributed by atoms with Gasteiger partial charge in [-0.2, -0.15) is 5.10 Å². The van der Waals surface area contributed by atoms with Gasteiger partial charge in [-0.15, -0.1) is 0 Å². The molecule has 7 heteroatoms. The van der Waals surface area contributed by atoms with Crippen LogP contribution in [0.5, 0.6) is 0 Å². The van der Waals surface area contributed by atoms with Gasteiger partial charge in [0.2, 0.25) is 11.8 Å². The van der Waals surface area contributed by atoms with Crippen molar-refractivity contribution in [3.63, 3.8) is 0 Å². The molecule has 0 spiro atoms. The fraction of sp³-hybridized carbons (Fsp3) is 0.542. The van der Waals surface area contributed by atoms with Crippen molar-refractivity contribution < 1.29 is 9.59 Å². The van der Waals surface area contributed by atoms with Crippen LogP contribution in [0.1, 0.15) is 28.9 Å². The van der Waals surface area contributed by atoms with Gasteiger partial charge < -0.3 is 9.80 Å². The summed E-state index contributed by atoms with van der Waals surface area (Å²) in [6, 6.07) is 8.16. The quantitative estimate of drug-likeness (QED) is 0.741. The Kier molecular flexibility index (Phi) is 6.14. The van der Waals surface area contributed by atoms with E-state index in [9.17, 15) is 9.59 Å². The lowest BCUT2D eigenvalue weighted by molar-refractivity contribution is -0.137. The minimum Gasteiger partial charge on any atom is -0.340 e. The second kappa shape index (κ2) is 8.83. The van der Waals surface area contributed by atoms with Crippen LogP contribution in [0.15, 0.2) is 24.3 Å². The van der Waals surface area contributed by atoms with Crippen molar-refractivity contribution in [2.45, 2.75) is 40.7 Å². The average molecular weight is 424 g/mol. The summed E-state index contributed by atoms with van der Waals surface area (Å²) in [5.41, 5.74) is 5.51. The molecule has 7 nitrogen and oxygen atoms in total. The SMILES string of the molecule is Cc1cc(C)n(CCN2CCN(C(=O)C3CC(=O)N(c4ccc(C)c(C)c4)C3)CC2)n1. The first-order valence-electron chi connectivity index (χ1n) is 11.2. The predicted octanol–water partition coefficient (Wildman–Crippen LogP) is 2.31. The number of carbonyl (C=O) groups excluding carboxylic acids is 2. The standard InChI is InChI=1S/C24H33N5O2/c1-17-5-6-22(13-18(17)2)28-16-21(15-23(28)30)24(31)27-10-7-26(8-11-27)9-12-29-20(4)14-19(3)25-29/h5-6,13-14,21H,7-12,15-16H2,1-4H3. The maximum absolute atomic E-state index is 13.1. The summed E-state index contributed by atoms with van der Waals surface area (Å²) in [5.74, 6) is -0.0710. The number of aromatic nitrogens is 2. The number of amides is 2. The summed E-state index contributed by atoms with van der Waals surface area (Å²) in [4.78, 5) is 31.8. The maximum atomic E-state index is 13.1. The lowest BCUT2D eigenvalue weighted by atomic mass is 10.1. The average Bonchev–Trinajstić information content (AvgIpc) is 3.29. The summed E-state index contributed by atoms with van der Waals surface area (Å²) >= 11 is 0. The normalized spacial score (nSPS) is 20.0. The van der Waals surface area contributed by atoms with Crippen molar-refractivity contribution >= 4 is 17.5 Å². The smallest absolute Gasteiger partial charge is 0.228 e. The van der Waals surface area contributed by atoms with Crippen LogP contribution in [0, 0.1) is 33.6 Å². The Morgan fingerprint density at radius 3 is 2.39 bits per heavy atom. The summed E-state index contributed by atoms with van der Waals surface area (Å²) in [7, 11) is 0. The highest BCUT2D eigenvalue weighted by Gasteiger charge is 2.38. The zero-order valence-corrected chi connectivity index (χ0v) is 19.1. The van der Waals surface area contributed by atoms with Gasteiger partial charge in [0, 0.05) is 57.1 Å². The molecule has 0 saturated carbocycles. The third kappa shape index (κ3) is 4.66.